The number of sulfone groups is 1. The molecule has 126 valence electrons. The van der Waals surface area contributed by atoms with E-state index in [1.54, 1.807) is 4.90 Å². The monoisotopic (exact) mass is 337 g/mol. The normalized spacial score (nSPS) is 23.8. The minimum absolute atomic E-state index is 0.0715. The van der Waals surface area contributed by atoms with Crippen LogP contribution in [0.3, 0.4) is 0 Å². The van der Waals surface area contributed by atoms with E-state index >= 15 is 0 Å². The van der Waals surface area contributed by atoms with E-state index in [2.05, 4.69) is 41.4 Å². The fourth-order valence-electron chi connectivity index (χ4n) is 3.10. The molecule has 0 aromatic heterocycles. The van der Waals surface area contributed by atoms with Gasteiger partial charge in [0.25, 0.3) is 0 Å². The van der Waals surface area contributed by atoms with Crippen molar-refractivity contribution in [3.8, 4) is 0 Å². The zero-order chi connectivity index (χ0) is 16.4. The summed E-state index contributed by atoms with van der Waals surface area (Å²) in [5.74, 6) is 0.251. The molecule has 7 heteroatoms. The Kier molecular flexibility index (Phi) is 4.48. The van der Waals surface area contributed by atoms with Crippen LogP contribution in [0.5, 0.6) is 0 Å². The summed E-state index contributed by atoms with van der Waals surface area (Å²) >= 11 is 0. The van der Waals surface area contributed by atoms with Crippen molar-refractivity contribution in [2.24, 2.45) is 0 Å². The molecule has 0 saturated carbocycles. The highest BCUT2D eigenvalue weighted by Crippen LogP contribution is 2.17. The van der Waals surface area contributed by atoms with Gasteiger partial charge in [0.1, 0.15) is 0 Å². The van der Waals surface area contributed by atoms with E-state index in [1.165, 1.54) is 11.3 Å². The number of carbonyl (C=O) groups excluding carboxylic acids is 1. The van der Waals surface area contributed by atoms with E-state index in [0.717, 1.165) is 13.1 Å². The van der Waals surface area contributed by atoms with Gasteiger partial charge in [0.15, 0.2) is 9.84 Å². The molecular weight excluding hydrogens is 314 g/mol. The number of piperazine rings is 1. The van der Waals surface area contributed by atoms with Gasteiger partial charge in [0.05, 0.1) is 11.5 Å². The summed E-state index contributed by atoms with van der Waals surface area (Å²) in [6.07, 6.45) is 0.525. The molecule has 2 fully saturated rings. The van der Waals surface area contributed by atoms with Gasteiger partial charge in [-0.1, -0.05) is 17.7 Å². The molecule has 2 aliphatic rings. The predicted molar refractivity (Wildman–Crippen MR) is 90.6 cm³/mol. The molecule has 0 bridgehead atoms. The highest BCUT2D eigenvalue weighted by Gasteiger charge is 2.30. The van der Waals surface area contributed by atoms with Crippen LogP contribution in [0.1, 0.15) is 12.0 Å². The largest absolute Gasteiger partial charge is 0.368 e. The smallest absolute Gasteiger partial charge is 0.317 e. The number of hydrogen-bond donors (Lipinski definition) is 1. The number of benzene rings is 1. The first-order chi connectivity index (χ1) is 10.9. The Labute approximate surface area is 137 Å². The second-order valence-corrected chi connectivity index (χ2v) is 8.59. The first-order valence-corrected chi connectivity index (χ1v) is 9.82. The molecule has 1 unspecified atom stereocenters. The molecule has 1 N–H and O–H groups in total. The summed E-state index contributed by atoms with van der Waals surface area (Å²) in [6.45, 7) is 4.95. The van der Waals surface area contributed by atoms with E-state index in [-0.39, 0.29) is 23.6 Å². The Hall–Kier alpha value is -1.76. The fraction of sp³-hybridized carbons (Fsp3) is 0.562. The van der Waals surface area contributed by atoms with Gasteiger partial charge >= 0.3 is 6.03 Å². The Bertz CT molecular complexity index is 664. The molecular formula is C16H23N3O3S. The number of anilines is 1. The van der Waals surface area contributed by atoms with Crippen molar-refractivity contribution in [1.29, 1.82) is 0 Å². The summed E-state index contributed by atoms with van der Waals surface area (Å²) < 4.78 is 22.9. The van der Waals surface area contributed by atoms with E-state index in [9.17, 15) is 13.2 Å². The van der Waals surface area contributed by atoms with Crippen molar-refractivity contribution in [3.63, 3.8) is 0 Å². The molecule has 2 aliphatic heterocycles. The highest BCUT2D eigenvalue weighted by molar-refractivity contribution is 7.91. The van der Waals surface area contributed by atoms with Crippen LogP contribution in [0.15, 0.2) is 24.3 Å². The Balaban J connectivity index is 1.50. The number of nitrogens with one attached hydrogen (secondary N) is 1. The van der Waals surface area contributed by atoms with Crippen molar-refractivity contribution in [2.45, 2.75) is 19.4 Å². The lowest BCUT2D eigenvalue weighted by molar-refractivity contribution is 0.191. The number of urea groups is 1. The Morgan fingerprint density at radius 1 is 1.13 bits per heavy atom. The van der Waals surface area contributed by atoms with Crippen molar-refractivity contribution >= 4 is 21.6 Å². The van der Waals surface area contributed by atoms with Crippen LogP contribution in [0, 0.1) is 6.92 Å². The standard InChI is InChI=1S/C16H23N3O3S/c1-13-2-4-15(5-3-13)18-7-9-19(10-8-18)16(20)17-14-6-11-23(21,22)12-14/h2-5,14H,6-12H2,1H3,(H,17,20). The number of carbonyl (C=O) groups is 1. The maximum absolute atomic E-state index is 12.3. The maximum Gasteiger partial charge on any atom is 0.317 e. The number of rotatable bonds is 2. The average molecular weight is 337 g/mol. The molecule has 0 aliphatic carbocycles. The SMILES string of the molecule is Cc1ccc(N2CCN(C(=O)NC3CCS(=O)(=O)C3)CC2)cc1. The Morgan fingerprint density at radius 2 is 1.78 bits per heavy atom. The van der Waals surface area contributed by atoms with Gasteiger partial charge < -0.3 is 15.1 Å². The summed E-state index contributed by atoms with van der Waals surface area (Å²) in [7, 11) is -2.96. The van der Waals surface area contributed by atoms with Gasteiger partial charge in [-0.05, 0) is 25.5 Å². The number of nitrogens with zero attached hydrogens (tertiary/aromatic N) is 2. The first-order valence-electron chi connectivity index (χ1n) is 8.00. The third-order valence-corrected chi connectivity index (χ3v) is 6.29. The molecule has 0 radical (unpaired) electrons. The molecule has 2 heterocycles. The topological polar surface area (TPSA) is 69.7 Å². The lowest BCUT2D eigenvalue weighted by Crippen LogP contribution is -2.53. The van der Waals surface area contributed by atoms with Crippen molar-refractivity contribution < 1.29 is 13.2 Å². The highest BCUT2D eigenvalue weighted by atomic mass is 32.2. The van der Waals surface area contributed by atoms with Crippen LogP contribution in [-0.4, -0.2) is 63.1 Å². The van der Waals surface area contributed by atoms with Crippen molar-refractivity contribution in [3.05, 3.63) is 29.8 Å². The zero-order valence-corrected chi connectivity index (χ0v) is 14.2. The van der Waals surface area contributed by atoms with Gasteiger partial charge in [-0.3, -0.25) is 0 Å². The minimum Gasteiger partial charge on any atom is -0.368 e. The van der Waals surface area contributed by atoms with E-state index in [1.807, 2.05) is 0 Å². The van der Waals surface area contributed by atoms with Crippen LogP contribution in [-0.2, 0) is 9.84 Å². The second kappa shape index (κ2) is 6.39. The fourth-order valence-corrected chi connectivity index (χ4v) is 4.77. The molecule has 23 heavy (non-hydrogen) atoms. The minimum atomic E-state index is -2.96. The second-order valence-electron chi connectivity index (χ2n) is 6.36. The first kappa shape index (κ1) is 16.1. The van der Waals surface area contributed by atoms with Crippen LogP contribution in [0.25, 0.3) is 0 Å². The van der Waals surface area contributed by atoms with Crippen LogP contribution in [0.2, 0.25) is 0 Å². The molecule has 2 saturated heterocycles. The number of hydrogen-bond acceptors (Lipinski definition) is 4. The van der Waals surface area contributed by atoms with Crippen LogP contribution in [0.4, 0.5) is 10.5 Å². The van der Waals surface area contributed by atoms with Crippen molar-refractivity contribution in [1.82, 2.24) is 10.2 Å². The van der Waals surface area contributed by atoms with E-state index in [0.29, 0.717) is 19.5 Å². The Morgan fingerprint density at radius 3 is 2.35 bits per heavy atom. The summed E-state index contributed by atoms with van der Waals surface area (Å²) in [5, 5.41) is 2.86. The average Bonchev–Trinajstić information content (AvgIpc) is 2.87. The maximum atomic E-state index is 12.3. The summed E-state index contributed by atoms with van der Waals surface area (Å²) in [6, 6.07) is 8.02. The summed E-state index contributed by atoms with van der Waals surface area (Å²) in [4.78, 5) is 16.3. The van der Waals surface area contributed by atoms with Crippen LogP contribution < -0.4 is 10.2 Å². The quantitative estimate of drug-likeness (QED) is 0.875. The third kappa shape index (κ3) is 3.96. The predicted octanol–water partition coefficient (Wildman–Crippen LogP) is 1.01. The lowest BCUT2D eigenvalue weighted by Gasteiger charge is -2.36. The molecule has 1 atom stereocenters. The van der Waals surface area contributed by atoms with E-state index < -0.39 is 9.84 Å². The van der Waals surface area contributed by atoms with Gasteiger partial charge in [-0.2, -0.15) is 0 Å². The molecule has 3 rings (SSSR count). The molecule has 6 nitrogen and oxygen atoms in total. The number of aryl methyl sites for hydroxylation is 1. The lowest BCUT2D eigenvalue weighted by atomic mass is 10.2. The van der Waals surface area contributed by atoms with Crippen LogP contribution >= 0.6 is 0 Å². The molecule has 1 aromatic rings. The van der Waals surface area contributed by atoms with Gasteiger partial charge in [0, 0.05) is 37.9 Å². The third-order valence-electron chi connectivity index (χ3n) is 4.53. The molecule has 0 spiro atoms. The van der Waals surface area contributed by atoms with Crippen molar-refractivity contribution in [2.75, 3.05) is 42.6 Å². The van der Waals surface area contributed by atoms with E-state index in [4.69, 9.17) is 0 Å². The van der Waals surface area contributed by atoms with Gasteiger partial charge in [-0.15, -0.1) is 0 Å². The number of amides is 2. The van der Waals surface area contributed by atoms with Gasteiger partial charge in [-0.25, -0.2) is 13.2 Å². The van der Waals surface area contributed by atoms with Gasteiger partial charge in [0.2, 0.25) is 0 Å². The molecule has 2 amide bonds. The zero-order valence-electron chi connectivity index (χ0n) is 13.4. The molecule has 1 aromatic carbocycles. The summed E-state index contributed by atoms with van der Waals surface area (Å²) in [5.41, 5.74) is 2.41.